The minimum atomic E-state index is -0.965. The Balaban J connectivity index is 2.15. The maximum absolute atomic E-state index is 10.7. The van der Waals surface area contributed by atoms with Crippen LogP contribution in [0, 0.1) is 0 Å². The second-order valence-electron chi connectivity index (χ2n) is 3.33. The van der Waals surface area contributed by atoms with Crippen LogP contribution in [-0.2, 0) is 0 Å². The molecule has 2 rings (SSSR count). The van der Waals surface area contributed by atoms with Gasteiger partial charge in [-0.05, 0) is 30.5 Å². The molecule has 0 aliphatic heterocycles. The Morgan fingerprint density at radius 2 is 2.00 bits per heavy atom. The van der Waals surface area contributed by atoms with Crippen molar-refractivity contribution in [1.82, 2.24) is 9.97 Å². The van der Waals surface area contributed by atoms with E-state index in [0.29, 0.717) is 11.6 Å². The van der Waals surface area contributed by atoms with E-state index >= 15 is 0 Å². The van der Waals surface area contributed by atoms with Crippen molar-refractivity contribution in [2.24, 2.45) is 0 Å². The third-order valence-electron chi connectivity index (χ3n) is 2.15. The SMILES string of the molecule is CSc1cc(Oc2ccc(C(=O)O)cc2)ncn1. The summed E-state index contributed by atoms with van der Waals surface area (Å²) in [6, 6.07) is 7.85. The first kappa shape index (κ1) is 12.4. The Hall–Kier alpha value is -2.08. The average Bonchev–Trinajstić information content (AvgIpc) is 2.39. The summed E-state index contributed by atoms with van der Waals surface area (Å²) in [5.74, 6) is -0.00330. The van der Waals surface area contributed by atoms with Gasteiger partial charge in [0.15, 0.2) is 0 Å². The van der Waals surface area contributed by atoms with E-state index < -0.39 is 5.97 Å². The van der Waals surface area contributed by atoms with Crippen LogP contribution in [0.2, 0.25) is 0 Å². The maximum Gasteiger partial charge on any atom is 0.335 e. The van der Waals surface area contributed by atoms with Crippen LogP contribution in [0.15, 0.2) is 41.7 Å². The van der Waals surface area contributed by atoms with Crippen LogP contribution in [0.25, 0.3) is 0 Å². The number of carboxylic acids is 1. The third-order valence-corrected chi connectivity index (χ3v) is 2.79. The van der Waals surface area contributed by atoms with Gasteiger partial charge in [-0.3, -0.25) is 0 Å². The van der Waals surface area contributed by atoms with Crippen molar-refractivity contribution in [3.63, 3.8) is 0 Å². The third kappa shape index (κ3) is 2.98. The number of aromatic carboxylic acids is 1. The number of nitrogens with zero attached hydrogens (tertiary/aromatic N) is 2. The largest absolute Gasteiger partial charge is 0.478 e. The van der Waals surface area contributed by atoms with E-state index in [4.69, 9.17) is 9.84 Å². The van der Waals surface area contributed by atoms with Crippen molar-refractivity contribution in [1.29, 1.82) is 0 Å². The van der Waals surface area contributed by atoms with Crippen molar-refractivity contribution in [3.8, 4) is 11.6 Å². The molecule has 0 aliphatic carbocycles. The second kappa shape index (κ2) is 5.50. The zero-order valence-electron chi connectivity index (χ0n) is 9.53. The molecule has 0 atom stereocenters. The molecule has 0 radical (unpaired) electrons. The van der Waals surface area contributed by atoms with Gasteiger partial charge in [-0.2, -0.15) is 0 Å². The van der Waals surface area contributed by atoms with E-state index in [1.807, 2.05) is 6.26 Å². The first-order chi connectivity index (χ1) is 8.69. The molecule has 6 heteroatoms. The summed E-state index contributed by atoms with van der Waals surface area (Å²) in [5, 5.41) is 9.58. The molecule has 0 fully saturated rings. The number of carboxylic acid groups (broad SMARTS) is 1. The van der Waals surface area contributed by atoms with Gasteiger partial charge in [0.25, 0.3) is 0 Å². The Labute approximate surface area is 108 Å². The van der Waals surface area contributed by atoms with Crippen LogP contribution < -0.4 is 4.74 Å². The number of thioether (sulfide) groups is 1. The molecule has 1 aromatic carbocycles. The van der Waals surface area contributed by atoms with Gasteiger partial charge in [-0.1, -0.05) is 0 Å². The average molecular weight is 262 g/mol. The minimum Gasteiger partial charge on any atom is -0.478 e. The predicted octanol–water partition coefficient (Wildman–Crippen LogP) is 2.69. The molecule has 2 aromatic rings. The van der Waals surface area contributed by atoms with Gasteiger partial charge >= 0.3 is 5.97 Å². The molecule has 0 saturated heterocycles. The Kier molecular flexibility index (Phi) is 3.78. The zero-order valence-corrected chi connectivity index (χ0v) is 10.3. The van der Waals surface area contributed by atoms with E-state index in [-0.39, 0.29) is 5.56 Å². The molecule has 18 heavy (non-hydrogen) atoms. The first-order valence-electron chi connectivity index (χ1n) is 5.06. The van der Waals surface area contributed by atoms with Gasteiger partial charge in [0.2, 0.25) is 5.88 Å². The molecule has 1 aromatic heterocycles. The summed E-state index contributed by atoms with van der Waals surface area (Å²) in [4.78, 5) is 18.7. The highest BCUT2D eigenvalue weighted by Crippen LogP contribution is 2.22. The number of hydrogen-bond acceptors (Lipinski definition) is 5. The van der Waals surface area contributed by atoms with Crippen LogP contribution in [0.4, 0.5) is 0 Å². The Morgan fingerprint density at radius 3 is 2.61 bits per heavy atom. The second-order valence-corrected chi connectivity index (χ2v) is 4.16. The number of carbonyl (C=O) groups is 1. The molecule has 0 unspecified atom stereocenters. The van der Waals surface area contributed by atoms with Gasteiger partial charge in [0.1, 0.15) is 17.1 Å². The smallest absolute Gasteiger partial charge is 0.335 e. The predicted molar refractivity (Wildman–Crippen MR) is 67.3 cm³/mol. The lowest BCUT2D eigenvalue weighted by molar-refractivity contribution is 0.0697. The molecule has 0 bridgehead atoms. The quantitative estimate of drug-likeness (QED) is 0.674. The van der Waals surface area contributed by atoms with Gasteiger partial charge < -0.3 is 9.84 Å². The summed E-state index contributed by atoms with van der Waals surface area (Å²) in [6.07, 6.45) is 3.33. The van der Waals surface area contributed by atoms with Crippen LogP contribution in [0.1, 0.15) is 10.4 Å². The lowest BCUT2D eigenvalue weighted by Crippen LogP contribution is -1.95. The highest BCUT2D eigenvalue weighted by Gasteiger charge is 2.04. The highest BCUT2D eigenvalue weighted by molar-refractivity contribution is 7.98. The summed E-state index contributed by atoms with van der Waals surface area (Å²) < 4.78 is 5.50. The fourth-order valence-electron chi connectivity index (χ4n) is 1.28. The molecular formula is C12H10N2O3S. The summed E-state index contributed by atoms with van der Waals surface area (Å²) >= 11 is 1.49. The topological polar surface area (TPSA) is 72.3 Å². The normalized spacial score (nSPS) is 10.1. The number of aromatic nitrogens is 2. The number of benzene rings is 1. The highest BCUT2D eigenvalue weighted by atomic mass is 32.2. The molecule has 1 heterocycles. The Bertz CT molecular complexity index is 558. The summed E-state index contributed by atoms with van der Waals surface area (Å²) in [6.45, 7) is 0. The van der Waals surface area contributed by atoms with Crippen molar-refractivity contribution in [3.05, 3.63) is 42.2 Å². The van der Waals surface area contributed by atoms with E-state index in [0.717, 1.165) is 5.03 Å². The molecule has 5 nitrogen and oxygen atoms in total. The maximum atomic E-state index is 10.7. The van der Waals surface area contributed by atoms with Crippen molar-refractivity contribution in [2.75, 3.05) is 6.26 Å². The van der Waals surface area contributed by atoms with Crippen LogP contribution >= 0.6 is 11.8 Å². The number of rotatable bonds is 4. The van der Waals surface area contributed by atoms with Crippen LogP contribution in [0.3, 0.4) is 0 Å². The number of ether oxygens (including phenoxy) is 1. The van der Waals surface area contributed by atoms with E-state index in [1.165, 1.54) is 30.2 Å². The Morgan fingerprint density at radius 1 is 1.28 bits per heavy atom. The summed E-state index contributed by atoms with van der Waals surface area (Å²) in [5.41, 5.74) is 0.217. The van der Waals surface area contributed by atoms with Gasteiger partial charge in [-0.25, -0.2) is 14.8 Å². The number of hydrogen-bond donors (Lipinski definition) is 1. The lowest BCUT2D eigenvalue weighted by atomic mass is 10.2. The van der Waals surface area contributed by atoms with E-state index in [9.17, 15) is 4.79 Å². The molecular weight excluding hydrogens is 252 g/mol. The molecule has 0 spiro atoms. The lowest BCUT2D eigenvalue weighted by Gasteiger charge is -2.05. The first-order valence-corrected chi connectivity index (χ1v) is 6.29. The van der Waals surface area contributed by atoms with Crippen molar-refractivity contribution < 1.29 is 14.6 Å². The zero-order chi connectivity index (χ0) is 13.0. The molecule has 0 aliphatic rings. The summed E-state index contributed by atoms with van der Waals surface area (Å²) in [7, 11) is 0. The molecule has 1 N–H and O–H groups in total. The molecule has 92 valence electrons. The fourth-order valence-corrected chi connectivity index (χ4v) is 1.65. The van der Waals surface area contributed by atoms with Crippen LogP contribution in [0.5, 0.6) is 11.6 Å². The monoisotopic (exact) mass is 262 g/mol. The minimum absolute atomic E-state index is 0.217. The molecule has 0 amide bonds. The van der Waals surface area contributed by atoms with Crippen LogP contribution in [-0.4, -0.2) is 27.3 Å². The van der Waals surface area contributed by atoms with Gasteiger partial charge in [0.05, 0.1) is 5.56 Å². The van der Waals surface area contributed by atoms with E-state index in [1.54, 1.807) is 18.2 Å². The standard InChI is InChI=1S/C12H10N2O3S/c1-18-11-6-10(13-7-14-11)17-9-4-2-8(3-5-9)12(15)16/h2-7H,1H3,(H,15,16). The fraction of sp³-hybridized carbons (Fsp3) is 0.0833. The molecule has 0 saturated carbocycles. The van der Waals surface area contributed by atoms with Gasteiger partial charge in [0, 0.05) is 6.07 Å². The van der Waals surface area contributed by atoms with Crippen molar-refractivity contribution in [2.45, 2.75) is 5.03 Å². The van der Waals surface area contributed by atoms with E-state index in [2.05, 4.69) is 9.97 Å². The van der Waals surface area contributed by atoms with Crippen molar-refractivity contribution >= 4 is 17.7 Å². The van der Waals surface area contributed by atoms with Gasteiger partial charge in [-0.15, -0.1) is 11.8 Å².